The van der Waals surface area contributed by atoms with Crippen LogP contribution in [0.5, 0.6) is 0 Å². The van der Waals surface area contributed by atoms with Gasteiger partial charge in [-0.25, -0.2) is 15.0 Å². The van der Waals surface area contributed by atoms with E-state index in [0.29, 0.717) is 17.5 Å². The molecule has 0 aliphatic carbocycles. The van der Waals surface area contributed by atoms with Crippen molar-refractivity contribution in [2.24, 2.45) is 0 Å². The summed E-state index contributed by atoms with van der Waals surface area (Å²) >= 11 is 0. The zero-order valence-corrected chi connectivity index (χ0v) is 41.0. The van der Waals surface area contributed by atoms with E-state index in [1.165, 1.54) is 27.2 Å². The minimum Gasteiger partial charge on any atom is -0.309 e. The summed E-state index contributed by atoms with van der Waals surface area (Å²) in [5.74, 6) is 1.83. The molecule has 0 bridgehead atoms. The van der Waals surface area contributed by atoms with Crippen LogP contribution in [0.15, 0.2) is 261 Å². The lowest BCUT2D eigenvalue weighted by atomic mass is 10.0. The molecule has 0 N–H and O–H groups in total. The molecule has 0 amide bonds. The van der Waals surface area contributed by atoms with Gasteiger partial charge in [-0.2, -0.15) is 0 Å². The highest BCUT2D eigenvalue weighted by Crippen LogP contribution is 2.48. The molecule has 5 heterocycles. The van der Waals surface area contributed by atoms with Crippen LogP contribution in [0.2, 0.25) is 0 Å². The van der Waals surface area contributed by atoms with Crippen molar-refractivity contribution in [3.05, 3.63) is 261 Å². The Bertz CT molecular complexity index is 4900. The van der Waals surface area contributed by atoms with Crippen LogP contribution in [0, 0.1) is 0 Å². The number of nitrogens with zero attached hydrogens (tertiary/aromatic N) is 7. The molecular weight excluding hydrogens is 927 g/mol. The maximum atomic E-state index is 5.44. The molecule has 16 aromatic rings. The van der Waals surface area contributed by atoms with Gasteiger partial charge in [0.15, 0.2) is 17.5 Å². The number of hydrogen-bond donors (Lipinski definition) is 0. The number of para-hydroxylation sites is 6. The average molecular weight is 970 g/mol. The third kappa shape index (κ3) is 6.20. The molecule has 7 nitrogen and oxygen atoms in total. The number of benzene rings is 11. The molecule has 0 atom stereocenters. The highest BCUT2D eigenvalue weighted by atomic mass is 15.1. The lowest BCUT2D eigenvalue weighted by Gasteiger charge is -2.14. The van der Waals surface area contributed by atoms with Crippen molar-refractivity contribution >= 4 is 87.2 Å². The van der Waals surface area contributed by atoms with E-state index >= 15 is 0 Å². The third-order valence-electron chi connectivity index (χ3n) is 15.4. The highest BCUT2D eigenvalue weighted by Gasteiger charge is 2.27. The maximum Gasteiger partial charge on any atom is 0.164 e. The first-order chi connectivity index (χ1) is 37.7. The SMILES string of the molecule is c1ccc(-c2nc(-c3ccccc3)nc(-c3cc4c(c5ccccc5n4-c4ccc5c(c4)c4c(ccc6c7ccccc7n(-c7ccccc7)c64)n5-c4ccccc4)c4c3c3ccccc3n4-c3ccccc3)n2)cc1. The summed E-state index contributed by atoms with van der Waals surface area (Å²) in [5, 5.41) is 9.28. The predicted molar refractivity (Wildman–Crippen MR) is 313 cm³/mol. The molecule has 354 valence electrons. The fourth-order valence-corrected chi connectivity index (χ4v) is 12.2. The molecular formula is C69H43N7. The van der Waals surface area contributed by atoms with Gasteiger partial charge in [0.25, 0.3) is 0 Å². The van der Waals surface area contributed by atoms with Crippen molar-refractivity contribution in [3.8, 4) is 56.9 Å². The van der Waals surface area contributed by atoms with Gasteiger partial charge in [0.1, 0.15) is 0 Å². The second kappa shape index (κ2) is 16.6. The Kier molecular flexibility index (Phi) is 9.20. The van der Waals surface area contributed by atoms with E-state index in [1.54, 1.807) is 0 Å². The van der Waals surface area contributed by atoms with E-state index < -0.39 is 0 Å². The molecule has 11 aromatic carbocycles. The van der Waals surface area contributed by atoms with Crippen molar-refractivity contribution in [2.45, 2.75) is 0 Å². The second-order valence-electron chi connectivity index (χ2n) is 19.5. The Hall–Kier alpha value is -10.4. The van der Waals surface area contributed by atoms with Crippen LogP contribution in [0.4, 0.5) is 0 Å². The van der Waals surface area contributed by atoms with Crippen molar-refractivity contribution < 1.29 is 0 Å². The van der Waals surface area contributed by atoms with Gasteiger partial charge < -0.3 is 18.3 Å². The zero-order chi connectivity index (χ0) is 49.8. The van der Waals surface area contributed by atoms with Crippen LogP contribution in [-0.2, 0) is 0 Å². The standard InChI is InChI=1S/C69H43N7/c1-6-22-44(23-7-1)67-70-68(45-24-8-2-9-25-45)72-69(71-67)55-43-61-63(66-62(55)52-33-17-21-37-58(52)76(66)48-30-14-5-15-31-48)53-34-18-20-36-57(53)74(61)49-38-40-59-54(42-49)64-60(73(59)46-26-10-3-11-27-46)41-39-51-50-32-16-19-35-56(50)75(65(51)64)47-28-12-4-13-29-47/h1-43H. The van der Waals surface area contributed by atoms with Gasteiger partial charge in [0, 0.05) is 82.5 Å². The average Bonchev–Trinajstić information content (AvgIpc) is 4.24. The first-order valence-corrected chi connectivity index (χ1v) is 25.8. The van der Waals surface area contributed by atoms with Gasteiger partial charge in [-0.05, 0) is 84.9 Å². The van der Waals surface area contributed by atoms with Gasteiger partial charge in [-0.3, -0.25) is 0 Å². The van der Waals surface area contributed by atoms with Gasteiger partial charge in [-0.15, -0.1) is 0 Å². The van der Waals surface area contributed by atoms with E-state index in [0.717, 1.165) is 99.5 Å². The van der Waals surface area contributed by atoms with E-state index in [4.69, 9.17) is 15.0 Å². The van der Waals surface area contributed by atoms with Crippen LogP contribution in [0.3, 0.4) is 0 Å². The second-order valence-corrected chi connectivity index (χ2v) is 19.5. The molecule has 76 heavy (non-hydrogen) atoms. The predicted octanol–water partition coefficient (Wildman–Crippen LogP) is 17.3. The van der Waals surface area contributed by atoms with E-state index in [-0.39, 0.29) is 0 Å². The molecule has 0 aliphatic rings. The summed E-state index contributed by atoms with van der Waals surface area (Å²) in [6, 6.07) is 93.3. The summed E-state index contributed by atoms with van der Waals surface area (Å²) in [6.45, 7) is 0. The lowest BCUT2D eigenvalue weighted by Crippen LogP contribution is -2.01. The molecule has 5 aromatic heterocycles. The lowest BCUT2D eigenvalue weighted by molar-refractivity contribution is 1.08. The first kappa shape index (κ1) is 42.2. The number of aromatic nitrogens is 7. The molecule has 0 aliphatic heterocycles. The molecule has 0 spiro atoms. The topological polar surface area (TPSA) is 58.4 Å². The number of hydrogen-bond acceptors (Lipinski definition) is 3. The normalized spacial score (nSPS) is 11.9. The van der Waals surface area contributed by atoms with Crippen molar-refractivity contribution in [1.82, 2.24) is 33.2 Å². The van der Waals surface area contributed by atoms with Gasteiger partial charge in [0.2, 0.25) is 0 Å². The van der Waals surface area contributed by atoms with Crippen LogP contribution in [-0.4, -0.2) is 33.2 Å². The van der Waals surface area contributed by atoms with Crippen LogP contribution < -0.4 is 0 Å². The summed E-state index contributed by atoms with van der Waals surface area (Å²) in [4.78, 5) is 16.0. The fraction of sp³-hybridized carbons (Fsp3) is 0. The van der Waals surface area contributed by atoms with Crippen LogP contribution in [0.25, 0.3) is 144 Å². The van der Waals surface area contributed by atoms with Crippen molar-refractivity contribution in [1.29, 1.82) is 0 Å². The van der Waals surface area contributed by atoms with Crippen molar-refractivity contribution in [3.63, 3.8) is 0 Å². The van der Waals surface area contributed by atoms with Crippen molar-refractivity contribution in [2.75, 3.05) is 0 Å². The van der Waals surface area contributed by atoms with E-state index in [1.807, 2.05) is 36.4 Å². The largest absolute Gasteiger partial charge is 0.309 e. The van der Waals surface area contributed by atoms with Gasteiger partial charge >= 0.3 is 0 Å². The Morgan fingerprint density at radius 1 is 0.224 bits per heavy atom. The molecule has 0 saturated carbocycles. The molecule has 0 saturated heterocycles. The van der Waals surface area contributed by atoms with E-state index in [9.17, 15) is 0 Å². The van der Waals surface area contributed by atoms with Gasteiger partial charge in [0.05, 0.1) is 44.1 Å². The highest BCUT2D eigenvalue weighted by molar-refractivity contribution is 6.30. The van der Waals surface area contributed by atoms with Crippen LogP contribution in [0.1, 0.15) is 0 Å². The summed E-state index contributed by atoms with van der Waals surface area (Å²) in [5.41, 5.74) is 16.1. The fourth-order valence-electron chi connectivity index (χ4n) is 12.2. The smallest absolute Gasteiger partial charge is 0.164 e. The monoisotopic (exact) mass is 969 g/mol. The minimum absolute atomic E-state index is 0.602. The molecule has 7 heteroatoms. The Balaban J connectivity index is 1.08. The third-order valence-corrected chi connectivity index (χ3v) is 15.4. The summed E-state index contributed by atoms with van der Waals surface area (Å²) < 4.78 is 9.81. The number of rotatable bonds is 7. The quantitative estimate of drug-likeness (QED) is 0.160. The summed E-state index contributed by atoms with van der Waals surface area (Å²) in [6.07, 6.45) is 0. The first-order valence-electron chi connectivity index (χ1n) is 25.8. The molecule has 0 radical (unpaired) electrons. The van der Waals surface area contributed by atoms with Crippen LogP contribution >= 0.6 is 0 Å². The molecule has 0 fully saturated rings. The van der Waals surface area contributed by atoms with Gasteiger partial charge in [-0.1, -0.05) is 176 Å². The zero-order valence-electron chi connectivity index (χ0n) is 41.0. The minimum atomic E-state index is 0.602. The summed E-state index contributed by atoms with van der Waals surface area (Å²) in [7, 11) is 0. The Labute approximate surface area is 436 Å². The maximum absolute atomic E-state index is 5.44. The Morgan fingerprint density at radius 3 is 1.22 bits per heavy atom. The van der Waals surface area contributed by atoms with E-state index in [2.05, 4.69) is 243 Å². The number of fused-ring (bicyclic) bond motifs is 14. The molecule has 16 rings (SSSR count). The Morgan fingerprint density at radius 2 is 0.632 bits per heavy atom. The molecule has 0 unspecified atom stereocenters.